The van der Waals surface area contributed by atoms with E-state index >= 15 is 0 Å². The van der Waals surface area contributed by atoms with Crippen LogP contribution in [0.25, 0.3) is 11.0 Å². The number of unbranched alkanes of at least 4 members (excludes halogenated alkanes) is 7. The summed E-state index contributed by atoms with van der Waals surface area (Å²) in [6, 6.07) is 5.23. The summed E-state index contributed by atoms with van der Waals surface area (Å²) >= 11 is 0. The predicted octanol–water partition coefficient (Wildman–Crippen LogP) is 6.75. The Morgan fingerprint density at radius 1 is 0.933 bits per heavy atom. The van der Waals surface area contributed by atoms with Gasteiger partial charge < -0.3 is 19.0 Å². The van der Waals surface area contributed by atoms with Crippen LogP contribution in [0.3, 0.4) is 0 Å². The molecule has 0 fully saturated rings. The Morgan fingerprint density at radius 2 is 1.67 bits per heavy atom. The molecule has 0 amide bonds. The van der Waals surface area contributed by atoms with Crippen LogP contribution in [0.15, 0.2) is 39.6 Å². The van der Waals surface area contributed by atoms with Gasteiger partial charge in [-0.05, 0) is 31.4 Å². The lowest BCUT2D eigenvalue weighted by Crippen LogP contribution is -2.09. The molecule has 1 aromatic heterocycles. The number of aromatic hydroxyl groups is 1. The largest absolute Gasteiger partial charge is 0.504 e. The second-order valence-corrected chi connectivity index (χ2v) is 7.54. The monoisotopic (exact) mass is 416 g/mol. The molecular weight excluding hydrogens is 380 g/mol. The second kappa shape index (κ2) is 13.7. The fourth-order valence-corrected chi connectivity index (χ4v) is 3.34. The summed E-state index contributed by atoms with van der Waals surface area (Å²) in [5.74, 6) is 0.131. The van der Waals surface area contributed by atoms with Gasteiger partial charge in [0, 0.05) is 0 Å². The first-order valence-corrected chi connectivity index (χ1v) is 11.4. The molecule has 2 aromatic rings. The highest BCUT2D eigenvalue weighted by Gasteiger charge is 2.18. The first-order valence-electron chi connectivity index (χ1n) is 11.4. The van der Waals surface area contributed by atoms with Gasteiger partial charge in [-0.3, -0.25) is 0 Å². The zero-order valence-corrected chi connectivity index (χ0v) is 18.5. The molecule has 0 aliphatic heterocycles. The minimum atomic E-state index is -0.692. The van der Waals surface area contributed by atoms with Crippen molar-refractivity contribution in [3.05, 3.63) is 40.8 Å². The van der Waals surface area contributed by atoms with E-state index in [1.54, 1.807) is 18.2 Å². The molecule has 166 valence electrons. The third kappa shape index (κ3) is 7.43. The van der Waals surface area contributed by atoms with Gasteiger partial charge in [-0.1, -0.05) is 77.0 Å². The van der Waals surface area contributed by atoms with Crippen molar-refractivity contribution in [2.45, 2.75) is 78.1 Å². The van der Waals surface area contributed by atoms with Crippen molar-refractivity contribution in [1.82, 2.24) is 0 Å². The van der Waals surface area contributed by atoms with E-state index in [2.05, 4.69) is 13.8 Å². The molecule has 0 atom stereocenters. The van der Waals surface area contributed by atoms with Crippen molar-refractivity contribution in [1.29, 1.82) is 0 Å². The Hall–Kier alpha value is -2.43. The van der Waals surface area contributed by atoms with Crippen LogP contribution in [0.1, 0.15) is 78.1 Å². The molecule has 5 nitrogen and oxygen atoms in total. The average molecular weight is 417 g/mol. The number of hydrogen-bond acceptors (Lipinski definition) is 5. The Bertz CT molecular complexity index is 837. The van der Waals surface area contributed by atoms with Crippen LogP contribution in [0, 0.1) is 0 Å². The molecule has 1 heterocycles. The lowest BCUT2D eigenvalue weighted by molar-refractivity contribution is 0.284. The number of allylic oxidation sites excluding steroid dienone is 1. The molecule has 2 rings (SSSR count). The molecular formula is C25H36O5. The molecule has 0 spiro atoms. The number of hydrogen-bond donors (Lipinski definition) is 1. The van der Waals surface area contributed by atoms with Gasteiger partial charge in [0.2, 0.25) is 5.75 Å². The van der Waals surface area contributed by atoms with E-state index in [9.17, 15) is 9.90 Å². The quantitative estimate of drug-likeness (QED) is 0.197. The Kier molecular flexibility index (Phi) is 10.9. The molecule has 0 aliphatic carbocycles. The second-order valence-electron chi connectivity index (χ2n) is 7.54. The number of benzene rings is 1. The van der Waals surface area contributed by atoms with Crippen LogP contribution in [0.5, 0.6) is 17.2 Å². The average Bonchev–Trinajstić information content (AvgIpc) is 2.74. The minimum absolute atomic E-state index is 0.146. The van der Waals surface area contributed by atoms with Crippen LogP contribution >= 0.6 is 0 Å². The van der Waals surface area contributed by atoms with Crippen molar-refractivity contribution >= 4 is 11.0 Å². The fraction of sp³-hybridized carbons (Fsp3) is 0.560. The Labute approximate surface area is 179 Å². The molecule has 0 radical (unpaired) electrons. The zero-order chi connectivity index (χ0) is 21.6. The van der Waals surface area contributed by atoms with Crippen LogP contribution in [-0.4, -0.2) is 18.3 Å². The van der Waals surface area contributed by atoms with Gasteiger partial charge in [0.15, 0.2) is 17.1 Å². The lowest BCUT2D eigenvalue weighted by atomic mass is 10.1. The van der Waals surface area contributed by atoms with E-state index in [0.717, 1.165) is 19.3 Å². The summed E-state index contributed by atoms with van der Waals surface area (Å²) in [7, 11) is 0. The molecule has 1 N–H and O–H groups in total. The Morgan fingerprint density at radius 3 is 2.40 bits per heavy atom. The van der Waals surface area contributed by atoms with E-state index < -0.39 is 5.63 Å². The maximum Gasteiger partial charge on any atom is 0.383 e. The van der Waals surface area contributed by atoms with Crippen molar-refractivity contribution in [2.24, 2.45) is 0 Å². The van der Waals surface area contributed by atoms with E-state index in [1.165, 1.54) is 38.5 Å². The van der Waals surface area contributed by atoms with Crippen molar-refractivity contribution in [2.75, 3.05) is 13.2 Å². The molecule has 0 unspecified atom stereocenters. The van der Waals surface area contributed by atoms with Gasteiger partial charge >= 0.3 is 5.63 Å². The lowest BCUT2D eigenvalue weighted by Gasteiger charge is -2.11. The molecule has 0 saturated carbocycles. The number of fused-ring (bicyclic) bond motifs is 1. The molecule has 1 aromatic carbocycles. The van der Waals surface area contributed by atoms with Crippen LogP contribution in [0.2, 0.25) is 0 Å². The number of para-hydroxylation sites is 1. The molecule has 0 saturated heterocycles. The molecule has 5 heteroatoms. The van der Waals surface area contributed by atoms with Crippen molar-refractivity contribution < 1.29 is 19.0 Å². The summed E-state index contributed by atoms with van der Waals surface area (Å²) in [5, 5.41) is 10.9. The van der Waals surface area contributed by atoms with Gasteiger partial charge in [-0.2, -0.15) is 0 Å². The third-order valence-corrected chi connectivity index (χ3v) is 5.02. The first kappa shape index (κ1) is 23.8. The van der Waals surface area contributed by atoms with Crippen LogP contribution in [-0.2, 0) is 0 Å². The van der Waals surface area contributed by atoms with E-state index in [0.29, 0.717) is 30.8 Å². The highest BCUT2D eigenvalue weighted by atomic mass is 16.5. The van der Waals surface area contributed by atoms with Crippen molar-refractivity contribution in [3.8, 4) is 17.2 Å². The van der Waals surface area contributed by atoms with Crippen LogP contribution in [0.4, 0.5) is 0 Å². The van der Waals surface area contributed by atoms with Crippen LogP contribution < -0.4 is 15.1 Å². The summed E-state index contributed by atoms with van der Waals surface area (Å²) in [5.41, 5.74) is -0.430. The molecule has 0 aliphatic rings. The van der Waals surface area contributed by atoms with E-state index in [1.807, 2.05) is 12.2 Å². The van der Waals surface area contributed by atoms with Gasteiger partial charge in [0.1, 0.15) is 0 Å². The predicted molar refractivity (Wildman–Crippen MR) is 122 cm³/mol. The first-order chi connectivity index (χ1) is 14.7. The third-order valence-electron chi connectivity index (χ3n) is 5.02. The summed E-state index contributed by atoms with van der Waals surface area (Å²) < 4.78 is 16.8. The highest BCUT2D eigenvalue weighted by Crippen LogP contribution is 2.35. The summed E-state index contributed by atoms with van der Waals surface area (Å²) in [6.07, 6.45) is 15.4. The van der Waals surface area contributed by atoms with E-state index in [4.69, 9.17) is 13.9 Å². The number of rotatable bonds is 15. The Balaban J connectivity index is 1.92. The fourth-order valence-electron chi connectivity index (χ4n) is 3.34. The number of ether oxygens (including phenoxy) is 2. The summed E-state index contributed by atoms with van der Waals surface area (Å²) in [6.45, 7) is 5.14. The normalized spacial score (nSPS) is 11.4. The molecule has 0 bridgehead atoms. The molecule has 30 heavy (non-hydrogen) atoms. The maximum atomic E-state index is 12.3. The zero-order valence-electron chi connectivity index (χ0n) is 18.5. The topological polar surface area (TPSA) is 68.9 Å². The van der Waals surface area contributed by atoms with Gasteiger partial charge in [-0.25, -0.2) is 4.79 Å². The van der Waals surface area contributed by atoms with Gasteiger partial charge in [0.25, 0.3) is 0 Å². The maximum absolute atomic E-state index is 12.3. The SMILES string of the molecule is CCC=CCCOc1c(O)c2cccc(OCCCCCCCCCC)c2oc1=O. The standard InChI is InChI=1S/C25H36O5/c1-3-5-7-9-10-11-12-14-18-28-21-17-15-16-20-22(26)24(25(27)30-23(20)21)29-19-13-8-6-4-2/h6,8,15-17,26H,3-5,7,9-14,18-19H2,1-2H3. The van der Waals surface area contributed by atoms with Gasteiger partial charge in [-0.15, -0.1) is 0 Å². The summed E-state index contributed by atoms with van der Waals surface area (Å²) in [4.78, 5) is 12.3. The smallest absolute Gasteiger partial charge is 0.383 e. The van der Waals surface area contributed by atoms with Gasteiger partial charge in [0.05, 0.1) is 18.6 Å². The highest BCUT2D eigenvalue weighted by molar-refractivity contribution is 5.89. The van der Waals surface area contributed by atoms with E-state index in [-0.39, 0.29) is 17.1 Å². The van der Waals surface area contributed by atoms with Crippen molar-refractivity contribution in [3.63, 3.8) is 0 Å². The minimum Gasteiger partial charge on any atom is -0.504 e.